The normalized spacial score (nSPS) is 11.8. The van der Waals surface area contributed by atoms with Crippen LogP contribution in [0, 0.1) is 0 Å². The minimum atomic E-state index is -4.45. The number of hydrogen-bond acceptors (Lipinski definition) is 6. The fraction of sp³-hybridized carbons (Fsp3) is 0.111. The third kappa shape index (κ3) is 3.77. The summed E-state index contributed by atoms with van der Waals surface area (Å²) < 4.78 is 43.6. The number of thioether (sulfide) groups is 1. The smallest absolute Gasteiger partial charge is 0.338 e. The summed E-state index contributed by atoms with van der Waals surface area (Å²) in [5.41, 5.74) is -0.289. The molecule has 28 heavy (non-hydrogen) atoms. The van der Waals surface area contributed by atoms with Crippen molar-refractivity contribution in [2.24, 2.45) is 0 Å². The fourth-order valence-electron chi connectivity index (χ4n) is 2.53. The molecule has 6 nitrogen and oxygen atoms in total. The van der Waals surface area contributed by atoms with Gasteiger partial charge in [-0.3, -0.25) is 4.79 Å². The van der Waals surface area contributed by atoms with E-state index in [2.05, 4.69) is 20.1 Å². The van der Waals surface area contributed by atoms with Crippen LogP contribution in [0.3, 0.4) is 0 Å². The van der Waals surface area contributed by atoms with E-state index < -0.39 is 11.7 Å². The van der Waals surface area contributed by atoms with Gasteiger partial charge in [-0.1, -0.05) is 41.2 Å². The first-order chi connectivity index (χ1) is 13.4. The van der Waals surface area contributed by atoms with Gasteiger partial charge in [-0.2, -0.15) is 18.2 Å². The van der Waals surface area contributed by atoms with E-state index in [-0.39, 0.29) is 28.6 Å². The van der Waals surface area contributed by atoms with E-state index in [1.165, 1.54) is 23.9 Å². The van der Waals surface area contributed by atoms with Crippen LogP contribution in [0.25, 0.3) is 22.3 Å². The van der Waals surface area contributed by atoms with Gasteiger partial charge in [0, 0.05) is 5.56 Å². The molecule has 10 heteroatoms. The highest BCUT2D eigenvalue weighted by atomic mass is 32.2. The zero-order valence-corrected chi connectivity index (χ0v) is 14.8. The fourth-order valence-corrected chi connectivity index (χ4v) is 3.23. The average Bonchev–Trinajstić information content (AvgIpc) is 3.15. The Morgan fingerprint density at radius 1 is 1.07 bits per heavy atom. The molecule has 0 saturated carbocycles. The molecule has 2 aromatic heterocycles. The van der Waals surface area contributed by atoms with E-state index in [0.29, 0.717) is 16.1 Å². The molecule has 0 radical (unpaired) electrons. The molecule has 4 rings (SSSR count). The van der Waals surface area contributed by atoms with E-state index in [9.17, 15) is 18.0 Å². The molecule has 0 atom stereocenters. The summed E-state index contributed by atoms with van der Waals surface area (Å²) in [5, 5.41) is 4.59. The third-order valence-corrected chi connectivity index (χ3v) is 4.70. The molecule has 0 spiro atoms. The highest BCUT2D eigenvalue weighted by Crippen LogP contribution is 2.31. The zero-order valence-electron chi connectivity index (χ0n) is 14.0. The van der Waals surface area contributed by atoms with Gasteiger partial charge in [-0.25, -0.2) is 4.98 Å². The second-order valence-corrected chi connectivity index (χ2v) is 6.73. The Bertz CT molecular complexity index is 1200. The van der Waals surface area contributed by atoms with Crippen LogP contribution in [0.1, 0.15) is 11.5 Å². The molecular formula is C18H11F3N4O2S. The lowest BCUT2D eigenvalue weighted by Crippen LogP contribution is -2.08. The van der Waals surface area contributed by atoms with Gasteiger partial charge in [0.15, 0.2) is 5.16 Å². The van der Waals surface area contributed by atoms with Crippen molar-refractivity contribution in [2.45, 2.75) is 17.1 Å². The van der Waals surface area contributed by atoms with Gasteiger partial charge in [-0.05, 0) is 24.3 Å². The second-order valence-electron chi connectivity index (χ2n) is 5.77. The van der Waals surface area contributed by atoms with Gasteiger partial charge in [0.1, 0.15) is 0 Å². The van der Waals surface area contributed by atoms with Crippen LogP contribution in [-0.2, 0) is 11.9 Å². The van der Waals surface area contributed by atoms with Crippen LogP contribution in [0.2, 0.25) is 0 Å². The van der Waals surface area contributed by atoms with E-state index in [1.807, 2.05) is 0 Å². The highest BCUT2D eigenvalue weighted by molar-refractivity contribution is 7.98. The number of nitrogens with one attached hydrogen (secondary N) is 1. The van der Waals surface area contributed by atoms with E-state index in [4.69, 9.17) is 4.52 Å². The summed E-state index contributed by atoms with van der Waals surface area (Å²) >= 11 is 1.18. The Hall–Kier alpha value is -3.14. The van der Waals surface area contributed by atoms with E-state index >= 15 is 0 Å². The van der Waals surface area contributed by atoms with Gasteiger partial charge in [-0.15, -0.1) is 0 Å². The quantitative estimate of drug-likeness (QED) is 0.404. The maximum atomic E-state index is 12.8. The maximum absolute atomic E-state index is 12.8. The first-order valence-corrected chi connectivity index (χ1v) is 9.01. The van der Waals surface area contributed by atoms with E-state index in [1.54, 1.807) is 24.3 Å². The minimum Gasteiger partial charge on any atom is -0.338 e. The minimum absolute atomic E-state index is 0.0571. The monoisotopic (exact) mass is 404 g/mol. The van der Waals surface area contributed by atoms with Crippen molar-refractivity contribution in [3.05, 3.63) is 70.3 Å². The van der Waals surface area contributed by atoms with Crippen molar-refractivity contribution in [2.75, 3.05) is 0 Å². The number of nitrogens with zero attached hydrogens (tertiary/aromatic N) is 3. The van der Waals surface area contributed by atoms with Crippen molar-refractivity contribution >= 4 is 22.7 Å². The number of aromatic amines is 1. The lowest BCUT2D eigenvalue weighted by molar-refractivity contribution is -0.137. The maximum Gasteiger partial charge on any atom is 0.416 e. The van der Waals surface area contributed by atoms with Crippen molar-refractivity contribution in [3.8, 4) is 11.4 Å². The number of rotatable bonds is 4. The molecule has 4 aromatic rings. The summed E-state index contributed by atoms with van der Waals surface area (Å²) in [6.45, 7) is 0. The first kappa shape index (κ1) is 18.2. The van der Waals surface area contributed by atoms with Crippen LogP contribution in [0.4, 0.5) is 13.2 Å². The molecule has 1 N–H and O–H groups in total. The van der Waals surface area contributed by atoms with Gasteiger partial charge in [0.05, 0.1) is 22.2 Å². The number of H-pyrrole nitrogens is 1. The third-order valence-electron chi connectivity index (χ3n) is 3.84. The Balaban J connectivity index is 1.52. The lowest BCUT2D eigenvalue weighted by atomic mass is 10.1. The molecule has 0 aliphatic rings. The molecule has 0 saturated heterocycles. The molecule has 0 aliphatic heterocycles. The van der Waals surface area contributed by atoms with Crippen LogP contribution >= 0.6 is 11.8 Å². The Kier molecular flexibility index (Phi) is 4.63. The van der Waals surface area contributed by atoms with Gasteiger partial charge >= 0.3 is 6.18 Å². The van der Waals surface area contributed by atoms with Crippen molar-refractivity contribution in [3.63, 3.8) is 0 Å². The number of halogens is 3. The summed E-state index contributed by atoms with van der Waals surface area (Å²) in [7, 11) is 0. The standard InChI is InChI=1S/C18H11F3N4O2S/c19-18(20,21)11-5-3-4-10(8-11)15-23-14(27-25-15)9-28-17-22-13-7-2-1-6-12(13)16(26)24-17/h1-8H,9H2,(H,22,24,26). The molecule has 142 valence electrons. The number of alkyl halides is 3. The summed E-state index contributed by atoms with van der Waals surface area (Å²) in [6, 6.07) is 11.6. The predicted octanol–water partition coefficient (Wildman–Crippen LogP) is 4.28. The number of hydrogen-bond donors (Lipinski definition) is 1. The highest BCUT2D eigenvalue weighted by Gasteiger charge is 2.30. The summed E-state index contributed by atoms with van der Waals surface area (Å²) in [4.78, 5) is 23.2. The second kappa shape index (κ2) is 7.12. The summed E-state index contributed by atoms with van der Waals surface area (Å²) in [5.74, 6) is 0.461. The van der Waals surface area contributed by atoms with Crippen LogP contribution in [0.5, 0.6) is 0 Å². The number of benzene rings is 2. The van der Waals surface area contributed by atoms with Gasteiger partial charge < -0.3 is 9.51 Å². The average molecular weight is 404 g/mol. The molecule has 2 heterocycles. The Morgan fingerprint density at radius 3 is 2.71 bits per heavy atom. The zero-order chi connectivity index (χ0) is 19.7. The number of fused-ring (bicyclic) bond motifs is 1. The van der Waals surface area contributed by atoms with Crippen LogP contribution < -0.4 is 5.56 Å². The Labute approximate surface area is 159 Å². The number of para-hydroxylation sites is 1. The largest absolute Gasteiger partial charge is 0.416 e. The van der Waals surface area contributed by atoms with Gasteiger partial charge in [0.2, 0.25) is 11.7 Å². The topological polar surface area (TPSA) is 84.7 Å². The molecule has 0 aliphatic carbocycles. The molecular weight excluding hydrogens is 393 g/mol. The van der Waals surface area contributed by atoms with Gasteiger partial charge in [0.25, 0.3) is 5.56 Å². The molecule has 0 bridgehead atoms. The molecule has 0 unspecified atom stereocenters. The summed E-state index contributed by atoms with van der Waals surface area (Å²) in [6.07, 6.45) is -4.45. The Morgan fingerprint density at radius 2 is 1.89 bits per heavy atom. The molecule has 0 fully saturated rings. The van der Waals surface area contributed by atoms with Crippen molar-refractivity contribution in [1.29, 1.82) is 0 Å². The first-order valence-electron chi connectivity index (χ1n) is 8.02. The number of aromatic nitrogens is 4. The van der Waals surface area contributed by atoms with Crippen molar-refractivity contribution < 1.29 is 17.7 Å². The lowest BCUT2D eigenvalue weighted by Gasteiger charge is -2.06. The molecule has 0 amide bonds. The SMILES string of the molecule is O=c1[nH]c(SCc2nc(-c3cccc(C(F)(F)F)c3)no2)nc2ccccc12. The van der Waals surface area contributed by atoms with E-state index in [0.717, 1.165) is 12.1 Å². The predicted molar refractivity (Wildman–Crippen MR) is 96.7 cm³/mol. The molecule has 2 aromatic carbocycles. The van der Waals surface area contributed by atoms with Crippen molar-refractivity contribution in [1.82, 2.24) is 20.1 Å². The van der Waals surface area contributed by atoms with Crippen LogP contribution in [0.15, 0.2) is 63.0 Å². The van der Waals surface area contributed by atoms with Crippen LogP contribution in [-0.4, -0.2) is 20.1 Å².